The number of amides is 1. The number of halogens is 4. The first-order chi connectivity index (χ1) is 20.9. The van der Waals surface area contributed by atoms with E-state index >= 15 is 0 Å². The Morgan fingerprint density at radius 3 is 2.43 bits per heavy atom. The number of nitrogens with zero attached hydrogens (tertiary/aromatic N) is 6. The molecule has 1 aliphatic rings. The summed E-state index contributed by atoms with van der Waals surface area (Å²) in [4.78, 5) is 35.2. The van der Waals surface area contributed by atoms with Gasteiger partial charge in [0.05, 0.1) is 5.56 Å². The Morgan fingerprint density at radius 1 is 0.977 bits per heavy atom. The van der Waals surface area contributed by atoms with Crippen molar-refractivity contribution in [3.05, 3.63) is 83.1 Å². The first kappa shape index (κ1) is 30.4. The number of aromatic nitrogens is 4. The Morgan fingerprint density at radius 2 is 1.73 bits per heavy atom. The number of likely N-dealkylation sites (N-methyl/N-ethyl adjacent to an activating group) is 1. The number of aromatic carboxylic acids is 1. The van der Waals surface area contributed by atoms with Gasteiger partial charge in [0, 0.05) is 55.2 Å². The molecule has 4 aromatic rings. The number of rotatable bonds is 8. The Balaban J connectivity index is 1.39. The summed E-state index contributed by atoms with van der Waals surface area (Å²) in [7, 11) is 2.04. The third-order valence-corrected chi connectivity index (χ3v) is 6.87. The van der Waals surface area contributed by atoms with Crippen molar-refractivity contribution in [3.63, 3.8) is 0 Å². The minimum Gasteiger partial charge on any atom is -0.476 e. The summed E-state index contributed by atoms with van der Waals surface area (Å²) in [5.41, 5.74) is 2.36. The zero-order valence-corrected chi connectivity index (χ0v) is 23.5. The van der Waals surface area contributed by atoms with E-state index in [2.05, 4.69) is 36.0 Å². The number of carbonyl (C=O) groups excluding carboxylic acids is 1. The van der Waals surface area contributed by atoms with E-state index in [1.807, 2.05) is 12.1 Å². The van der Waals surface area contributed by atoms with Crippen molar-refractivity contribution in [2.45, 2.75) is 13.1 Å². The number of carbonyl (C=O) groups is 2. The van der Waals surface area contributed by atoms with Gasteiger partial charge in [-0.25, -0.2) is 24.2 Å². The van der Waals surface area contributed by atoms with E-state index in [1.54, 1.807) is 19.1 Å². The molecule has 0 atom stereocenters. The van der Waals surface area contributed by atoms with Gasteiger partial charge in [0.1, 0.15) is 23.8 Å². The van der Waals surface area contributed by atoms with E-state index in [0.29, 0.717) is 29.2 Å². The fourth-order valence-electron chi connectivity index (χ4n) is 4.41. The Kier molecular flexibility index (Phi) is 8.46. The maximum Gasteiger partial charge on any atom is 0.419 e. The van der Waals surface area contributed by atoms with Crippen LogP contribution in [0.2, 0.25) is 0 Å². The number of anilines is 4. The van der Waals surface area contributed by atoms with Crippen molar-refractivity contribution in [1.29, 1.82) is 0 Å². The lowest BCUT2D eigenvalue weighted by molar-refractivity contribution is -0.140. The molecule has 1 saturated heterocycles. The van der Waals surface area contributed by atoms with Crippen LogP contribution in [0.5, 0.6) is 0 Å². The molecule has 1 fully saturated rings. The minimum atomic E-state index is -4.97. The number of piperazine rings is 1. The molecule has 2 aromatic carbocycles. The molecule has 0 saturated carbocycles. The second-order valence-corrected chi connectivity index (χ2v) is 10.1. The second kappa shape index (κ2) is 12.3. The lowest BCUT2D eigenvalue weighted by atomic mass is 10.1. The van der Waals surface area contributed by atoms with Crippen molar-refractivity contribution in [2.75, 3.05) is 49.3 Å². The lowest BCUT2D eigenvalue weighted by Gasteiger charge is -2.32. The number of benzene rings is 2. The van der Waals surface area contributed by atoms with Crippen LogP contribution in [-0.4, -0.2) is 79.9 Å². The van der Waals surface area contributed by atoms with Crippen molar-refractivity contribution in [1.82, 2.24) is 29.7 Å². The summed E-state index contributed by atoms with van der Waals surface area (Å²) < 4.78 is 54.4. The molecule has 3 heterocycles. The van der Waals surface area contributed by atoms with Gasteiger partial charge in [0.2, 0.25) is 0 Å². The fraction of sp³-hybridized carbons (Fsp3) is 0.250. The molecule has 0 aliphatic carbocycles. The van der Waals surface area contributed by atoms with Crippen molar-refractivity contribution >= 4 is 34.9 Å². The zero-order chi connectivity index (χ0) is 31.6. The number of nitrogens with one attached hydrogen (secondary N) is 3. The number of hydrogen-bond donors (Lipinski definition) is 4. The smallest absolute Gasteiger partial charge is 0.419 e. The van der Waals surface area contributed by atoms with Gasteiger partial charge in [-0.3, -0.25) is 4.79 Å². The van der Waals surface area contributed by atoms with Gasteiger partial charge in [-0.1, -0.05) is 6.07 Å². The number of carboxylic acid groups (broad SMARTS) is 1. The molecule has 4 N–H and O–H groups in total. The van der Waals surface area contributed by atoms with Gasteiger partial charge < -0.3 is 26.1 Å². The number of aryl methyl sites for hydroxylation is 1. The van der Waals surface area contributed by atoms with Gasteiger partial charge >= 0.3 is 12.1 Å². The lowest BCUT2D eigenvalue weighted by Crippen LogP contribution is -2.47. The third kappa shape index (κ3) is 6.92. The summed E-state index contributed by atoms with van der Waals surface area (Å²) in [6.45, 7) is 5.04. The van der Waals surface area contributed by atoms with E-state index in [-0.39, 0.29) is 28.6 Å². The van der Waals surface area contributed by atoms with Crippen LogP contribution in [0.15, 0.2) is 54.9 Å². The van der Waals surface area contributed by atoms with Crippen LogP contribution in [-0.2, 0) is 6.18 Å². The van der Waals surface area contributed by atoms with Crippen molar-refractivity contribution in [2.24, 2.45) is 0 Å². The maximum atomic E-state index is 13.7. The third-order valence-electron chi connectivity index (χ3n) is 6.87. The quantitative estimate of drug-likeness (QED) is 0.212. The van der Waals surface area contributed by atoms with Gasteiger partial charge in [0.15, 0.2) is 11.5 Å². The highest BCUT2D eigenvalue weighted by Crippen LogP contribution is 2.32. The molecule has 0 spiro atoms. The topological polar surface area (TPSA) is 141 Å². The Hall–Kier alpha value is -5.09. The van der Waals surface area contributed by atoms with Crippen LogP contribution in [0, 0.1) is 12.7 Å². The molecule has 1 aliphatic heterocycles. The van der Waals surface area contributed by atoms with Crippen molar-refractivity contribution in [3.8, 4) is 5.82 Å². The Labute approximate surface area is 248 Å². The van der Waals surface area contributed by atoms with Crippen LogP contribution in [0.25, 0.3) is 5.82 Å². The summed E-state index contributed by atoms with van der Waals surface area (Å²) in [5.74, 6) is -2.67. The minimum absolute atomic E-state index is 0.214. The van der Waals surface area contributed by atoms with Crippen LogP contribution >= 0.6 is 0 Å². The van der Waals surface area contributed by atoms with E-state index < -0.39 is 29.4 Å². The normalized spacial score (nSPS) is 14.3. The number of hydrogen-bond acceptors (Lipinski definition) is 9. The number of alkyl halides is 3. The molecular formula is C28H27F4N9O3. The molecule has 2 aromatic heterocycles. The van der Waals surface area contributed by atoms with Crippen LogP contribution in [0.4, 0.5) is 40.6 Å². The average molecular weight is 614 g/mol. The van der Waals surface area contributed by atoms with E-state index in [1.165, 1.54) is 29.2 Å². The summed E-state index contributed by atoms with van der Waals surface area (Å²) in [5, 5.41) is 21.4. The van der Waals surface area contributed by atoms with Crippen LogP contribution in [0.3, 0.4) is 0 Å². The number of carboxylic acids is 1. The molecule has 5 rings (SSSR count). The molecule has 12 nitrogen and oxygen atoms in total. The zero-order valence-electron chi connectivity index (χ0n) is 23.5. The number of hydrazine groups is 1. The summed E-state index contributed by atoms with van der Waals surface area (Å²) in [6, 6.07) is 9.59. The molecule has 1 amide bonds. The van der Waals surface area contributed by atoms with Gasteiger partial charge in [-0.15, -0.1) is 0 Å². The van der Waals surface area contributed by atoms with E-state index in [9.17, 15) is 32.3 Å². The highest BCUT2D eigenvalue weighted by atomic mass is 19.4. The van der Waals surface area contributed by atoms with Gasteiger partial charge in [0.25, 0.3) is 5.91 Å². The van der Waals surface area contributed by atoms with Gasteiger partial charge in [-0.05, 0) is 49.9 Å². The van der Waals surface area contributed by atoms with Crippen LogP contribution < -0.4 is 16.1 Å². The fourth-order valence-corrected chi connectivity index (χ4v) is 4.41. The summed E-state index contributed by atoms with van der Waals surface area (Å²) in [6.07, 6.45) is -3.65. The molecule has 16 heteroatoms. The molecule has 0 radical (unpaired) electrons. The summed E-state index contributed by atoms with van der Waals surface area (Å²) >= 11 is 0. The molecule has 44 heavy (non-hydrogen) atoms. The SMILES string of the molecule is Cc1ccc(NC(=O)c2ccc(F)c(C(F)(F)F)c2)cc1Nc1cc(C(=O)O)nn1-c1cc(NN2CCN(C)CC2)ncn1. The van der Waals surface area contributed by atoms with E-state index in [0.717, 1.165) is 32.2 Å². The molecular weight excluding hydrogens is 586 g/mol. The molecule has 230 valence electrons. The standard InChI is InChI=1S/C28H27F4N9O3/c1-16-3-5-18(35-26(42)17-4-6-20(29)19(11-17)28(30,31)32)12-21(16)36-25-13-22(27(43)44)37-41(25)24-14-23(33-15-34-24)38-40-9-7-39(2)8-10-40/h3-6,11-15,36H,7-10H2,1-2H3,(H,35,42)(H,43,44)(H,33,34,38). The van der Waals surface area contributed by atoms with E-state index in [4.69, 9.17) is 0 Å². The maximum absolute atomic E-state index is 13.7. The van der Waals surface area contributed by atoms with Crippen molar-refractivity contribution < 1.29 is 32.3 Å². The first-order valence-electron chi connectivity index (χ1n) is 13.3. The predicted molar refractivity (Wildman–Crippen MR) is 153 cm³/mol. The molecule has 0 bridgehead atoms. The highest BCUT2D eigenvalue weighted by molar-refractivity contribution is 6.04. The first-order valence-corrected chi connectivity index (χ1v) is 13.3. The predicted octanol–water partition coefficient (Wildman–Crippen LogP) is 4.40. The largest absolute Gasteiger partial charge is 0.476 e. The highest BCUT2D eigenvalue weighted by Gasteiger charge is 2.34. The second-order valence-electron chi connectivity index (χ2n) is 10.1. The monoisotopic (exact) mass is 613 g/mol. The Bertz CT molecular complexity index is 1700. The molecule has 0 unspecified atom stereocenters. The van der Waals surface area contributed by atoms with Crippen LogP contribution in [0.1, 0.15) is 32.0 Å². The van der Waals surface area contributed by atoms with Gasteiger partial charge in [-0.2, -0.15) is 23.0 Å². The average Bonchev–Trinajstić information content (AvgIpc) is 3.40.